The van der Waals surface area contributed by atoms with Gasteiger partial charge in [0.2, 0.25) is 0 Å². The van der Waals surface area contributed by atoms with Gasteiger partial charge in [-0.3, -0.25) is 4.68 Å². The van der Waals surface area contributed by atoms with Crippen molar-refractivity contribution < 1.29 is 23.2 Å². The highest BCUT2D eigenvalue weighted by atomic mass is 19.1. The van der Waals surface area contributed by atoms with Crippen LogP contribution < -0.4 is 4.90 Å². The molecule has 0 radical (unpaired) electrons. The number of hydrogen-bond donors (Lipinski definition) is 1. The number of nitrogens with zero attached hydrogens (tertiary/aromatic N) is 6. The molecule has 3 aromatic heterocycles. The molecule has 0 spiro atoms. The Morgan fingerprint density at radius 2 is 2.00 bits per heavy atom. The molecule has 4 aromatic rings. The number of aromatic nitrogens is 5. The normalized spacial score (nSPS) is 21.1. The Kier molecular flexibility index (Phi) is 4.87. The first-order valence-electron chi connectivity index (χ1n) is 11.2. The van der Waals surface area contributed by atoms with E-state index in [2.05, 4.69) is 20.2 Å². The summed E-state index contributed by atoms with van der Waals surface area (Å²) < 4.78 is 35.7. The minimum Gasteiger partial charge on any atom is -0.479 e. The highest BCUT2D eigenvalue weighted by molar-refractivity contribution is 5.85. The van der Waals surface area contributed by atoms with Crippen molar-refractivity contribution in [2.24, 2.45) is 5.92 Å². The van der Waals surface area contributed by atoms with Crippen molar-refractivity contribution in [1.82, 2.24) is 24.9 Å². The Balaban J connectivity index is 1.41. The maximum Gasteiger partial charge on any atom is 0.329 e. The SMILES string of the molecule is O=C(O)C12CC(CCN1c1nc(-c3cc(-c4ccon4)n(Cc4ccccc4F)n3)ncc1F)C2. The van der Waals surface area contributed by atoms with E-state index in [0.29, 0.717) is 47.9 Å². The molecule has 2 bridgehead atoms. The van der Waals surface area contributed by atoms with E-state index in [1.54, 1.807) is 39.9 Å². The summed E-state index contributed by atoms with van der Waals surface area (Å²) in [5.41, 5.74) is 0.597. The van der Waals surface area contributed by atoms with Crippen molar-refractivity contribution in [1.29, 1.82) is 0 Å². The molecule has 0 amide bonds. The summed E-state index contributed by atoms with van der Waals surface area (Å²) in [4.78, 5) is 22.1. The zero-order valence-corrected chi connectivity index (χ0v) is 18.4. The van der Waals surface area contributed by atoms with Crippen molar-refractivity contribution in [2.45, 2.75) is 31.3 Å². The molecule has 1 aliphatic carbocycles. The third-order valence-corrected chi connectivity index (χ3v) is 6.90. The van der Waals surface area contributed by atoms with Crippen LogP contribution in [-0.4, -0.2) is 48.1 Å². The quantitative estimate of drug-likeness (QED) is 0.446. The Labute approximate surface area is 198 Å². The van der Waals surface area contributed by atoms with E-state index in [1.807, 2.05) is 0 Å². The highest BCUT2D eigenvalue weighted by Gasteiger charge is 2.58. The van der Waals surface area contributed by atoms with Crippen LogP contribution in [0.2, 0.25) is 0 Å². The van der Waals surface area contributed by atoms with Crippen LogP contribution >= 0.6 is 0 Å². The number of anilines is 1. The van der Waals surface area contributed by atoms with Crippen LogP contribution in [0.15, 0.2) is 53.4 Å². The molecule has 178 valence electrons. The van der Waals surface area contributed by atoms with Gasteiger partial charge in [0.25, 0.3) is 0 Å². The van der Waals surface area contributed by atoms with E-state index >= 15 is 0 Å². The second-order valence-corrected chi connectivity index (χ2v) is 8.97. The predicted molar refractivity (Wildman–Crippen MR) is 119 cm³/mol. The van der Waals surface area contributed by atoms with Gasteiger partial charge in [0.05, 0.1) is 18.4 Å². The summed E-state index contributed by atoms with van der Waals surface area (Å²) in [7, 11) is 0. The number of halogens is 2. The molecule has 7 rings (SSSR count). The van der Waals surface area contributed by atoms with Crippen LogP contribution in [0.1, 0.15) is 24.8 Å². The van der Waals surface area contributed by atoms with Gasteiger partial charge >= 0.3 is 5.97 Å². The molecule has 11 heteroatoms. The van der Waals surface area contributed by atoms with E-state index in [-0.39, 0.29) is 24.0 Å². The second kappa shape index (κ2) is 7.97. The maximum atomic E-state index is 14.9. The Hall–Kier alpha value is -4.15. The number of fused-ring (bicyclic) bond motifs is 2. The van der Waals surface area contributed by atoms with E-state index in [1.165, 1.54) is 12.3 Å². The van der Waals surface area contributed by atoms with Crippen LogP contribution in [0, 0.1) is 17.6 Å². The first-order chi connectivity index (χ1) is 16.9. The zero-order chi connectivity index (χ0) is 24.2. The molecule has 1 saturated carbocycles. The fourth-order valence-electron chi connectivity index (χ4n) is 5.10. The highest BCUT2D eigenvalue weighted by Crippen LogP contribution is 2.50. The van der Waals surface area contributed by atoms with E-state index in [4.69, 9.17) is 4.52 Å². The third kappa shape index (κ3) is 3.46. The smallest absolute Gasteiger partial charge is 0.329 e. The minimum absolute atomic E-state index is 0.0535. The molecular formula is C24H20F2N6O3. The lowest BCUT2D eigenvalue weighted by Gasteiger charge is -2.56. The van der Waals surface area contributed by atoms with Gasteiger partial charge in [0.15, 0.2) is 17.5 Å². The standard InChI is InChI=1S/C24H20F2N6O3/c25-16-4-2-1-3-15(16)13-32-20(18-6-8-35-30-18)9-19(29-32)21-27-12-17(26)22(28-21)31-7-5-14-10-24(31,11-14)23(33)34/h1-4,6,8-9,12,14H,5,7,10-11,13H2,(H,33,34). The number of rotatable bonds is 6. The number of carbonyl (C=O) groups is 1. The summed E-state index contributed by atoms with van der Waals surface area (Å²) in [6.45, 7) is 0.509. The van der Waals surface area contributed by atoms with E-state index in [9.17, 15) is 18.7 Å². The van der Waals surface area contributed by atoms with Gasteiger partial charge in [0, 0.05) is 18.2 Å². The lowest BCUT2D eigenvalue weighted by atomic mass is 9.62. The molecule has 3 fully saturated rings. The molecule has 0 unspecified atom stereocenters. The number of benzene rings is 1. The van der Waals surface area contributed by atoms with Gasteiger partial charge in [-0.25, -0.2) is 23.5 Å². The number of hydrogen-bond acceptors (Lipinski definition) is 7. The Bertz CT molecular complexity index is 1410. The van der Waals surface area contributed by atoms with Gasteiger partial charge in [0.1, 0.15) is 29.0 Å². The van der Waals surface area contributed by atoms with Gasteiger partial charge in [-0.2, -0.15) is 5.10 Å². The fraction of sp³-hybridized carbons (Fsp3) is 0.292. The van der Waals surface area contributed by atoms with E-state index in [0.717, 1.165) is 12.6 Å². The summed E-state index contributed by atoms with van der Waals surface area (Å²) in [5.74, 6) is -1.63. The second-order valence-electron chi connectivity index (χ2n) is 8.97. The molecule has 5 heterocycles. The summed E-state index contributed by atoms with van der Waals surface area (Å²) in [6.07, 6.45) is 4.16. The van der Waals surface area contributed by atoms with Crippen LogP contribution in [-0.2, 0) is 11.3 Å². The molecule has 0 atom stereocenters. The van der Waals surface area contributed by atoms with Gasteiger partial charge in [-0.05, 0) is 37.3 Å². The number of aliphatic carboxylic acids is 1. The first kappa shape index (κ1) is 21.4. The van der Waals surface area contributed by atoms with Crippen molar-refractivity contribution in [3.63, 3.8) is 0 Å². The van der Waals surface area contributed by atoms with Crippen LogP contribution in [0.5, 0.6) is 0 Å². The van der Waals surface area contributed by atoms with E-state index < -0.39 is 17.3 Å². The average Bonchev–Trinajstić information content (AvgIpc) is 3.50. The first-order valence-corrected chi connectivity index (χ1v) is 11.2. The number of piperidine rings is 2. The summed E-state index contributed by atoms with van der Waals surface area (Å²) >= 11 is 0. The molecule has 2 aliphatic heterocycles. The van der Waals surface area contributed by atoms with Gasteiger partial charge in [-0.15, -0.1) is 0 Å². The fourth-order valence-corrected chi connectivity index (χ4v) is 5.10. The van der Waals surface area contributed by atoms with Crippen molar-refractivity contribution in [3.05, 3.63) is 66.1 Å². The largest absolute Gasteiger partial charge is 0.479 e. The molecule has 35 heavy (non-hydrogen) atoms. The molecule has 1 aromatic carbocycles. The molecule has 3 aliphatic rings. The molecule has 1 N–H and O–H groups in total. The third-order valence-electron chi connectivity index (χ3n) is 6.90. The predicted octanol–water partition coefficient (Wildman–Crippen LogP) is 3.77. The molecular weight excluding hydrogens is 458 g/mol. The summed E-state index contributed by atoms with van der Waals surface area (Å²) in [6, 6.07) is 9.67. The van der Waals surface area contributed by atoms with Crippen LogP contribution in [0.4, 0.5) is 14.6 Å². The van der Waals surface area contributed by atoms with Crippen molar-refractivity contribution in [2.75, 3.05) is 11.4 Å². The molecule has 9 nitrogen and oxygen atoms in total. The van der Waals surface area contributed by atoms with Gasteiger partial charge in [-0.1, -0.05) is 23.4 Å². The lowest BCUT2D eigenvalue weighted by Crippen LogP contribution is -2.67. The van der Waals surface area contributed by atoms with Crippen molar-refractivity contribution in [3.8, 4) is 22.9 Å². The zero-order valence-electron chi connectivity index (χ0n) is 18.4. The summed E-state index contributed by atoms with van der Waals surface area (Å²) in [5, 5.41) is 18.4. The van der Waals surface area contributed by atoms with Crippen molar-refractivity contribution >= 4 is 11.8 Å². The maximum absolute atomic E-state index is 14.9. The lowest BCUT2D eigenvalue weighted by molar-refractivity contribution is -0.151. The van der Waals surface area contributed by atoms with Crippen LogP contribution in [0.3, 0.4) is 0 Å². The van der Waals surface area contributed by atoms with Crippen LogP contribution in [0.25, 0.3) is 22.9 Å². The molecule has 2 saturated heterocycles. The number of carboxylic acids is 1. The van der Waals surface area contributed by atoms with Gasteiger partial charge < -0.3 is 14.5 Å². The number of carboxylic acid groups (broad SMARTS) is 1. The Morgan fingerprint density at radius 3 is 2.74 bits per heavy atom. The average molecular weight is 478 g/mol. The monoisotopic (exact) mass is 478 g/mol. The Morgan fingerprint density at radius 1 is 1.17 bits per heavy atom. The topological polar surface area (TPSA) is 110 Å². The minimum atomic E-state index is -1.15.